The minimum Gasteiger partial charge on any atom is -0.356 e. The van der Waals surface area contributed by atoms with E-state index in [0.717, 1.165) is 18.9 Å². The van der Waals surface area contributed by atoms with Crippen molar-refractivity contribution < 1.29 is 0 Å². The third-order valence-electron chi connectivity index (χ3n) is 1.69. The fraction of sp³-hybridized carbons (Fsp3) is 0.500. The van der Waals surface area contributed by atoms with Crippen molar-refractivity contribution in [2.45, 2.75) is 13.8 Å². The lowest BCUT2D eigenvalue weighted by Crippen LogP contribution is -2.22. The summed E-state index contributed by atoms with van der Waals surface area (Å²) in [6, 6.07) is 0. The number of rotatable bonds is 3. The number of halogens is 1. The Labute approximate surface area is 77.4 Å². The number of hydrogen-bond acceptors (Lipinski definition) is 3. The molecule has 0 aliphatic carbocycles. The first kappa shape index (κ1) is 9.26. The second kappa shape index (κ2) is 4.26. The Kier molecular flexibility index (Phi) is 3.29. The van der Waals surface area contributed by atoms with Gasteiger partial charge in [0.15, 0.2) is 0 Å². The Bertz CT molecular complexity index is 231. The molecule has 0 N–H and O–H groups in total. The first-order chi connectivity index (χ1) is 5.77. The van der Waals surface area contributed by atoms with Crippen LogP contribution >= 0.6 is 11.6 Å². The highest BCUT2D eigenvalue weighted by molar-refractivity contribution is 6.29. The molecule has 0 spiro atoms. The molecule has 66 valence electrons. The van der Waals surface area contributed by atoms with Gasteiger partial charge in [-0.15, -0.1) is 0 Å². The average molecular weight is 186 g/mol. The summed E-state index contributed by atoms with van der Waals surface area (Å²) >= 11 is 5.61. The van der Waals surface area contributed by atoms with Crippen LogP contribution in [0.1, 0.15) is 13.8 Å². The second-order valence-corrected chi connectivity index (χ2v) is 2.76. The van der Waals surface area contributed by atoms with Gasteiger partial charge in [0.2, 0.25) is 0 Å². The molecule has 1 aromatic heterocycles. The van der Waals surface area contributed by atoms with Crippen LogP contribution in [0.5, 0.6) is 0 Å². The molecule has 0 aliphatic rings. The number of nitrogens with zero attached hydrogens (tertiary/aromatic N) is 3. The Morgan fingerprint density at radius 1 is 1.25 bits per heavy atom. The zero-order chi connectivity index (χ0) is 8.97. The van der Waals surface area contributed by atoms with E-state index in [-0.39, 0.29) is 0 Å². The molecule has 4 heteroatoms. The molecule has 0 radical (unpaired) electrons. The molecule has 12 heavy (non-hydrogen) atoms. The lowest BCUT2D eigenvalue weighted by molar-refractivity contribution is 0.840. The molecule has 0 aliphatic heterocycles. The third kappa shape index (κ3) is 2.08. The third-order valence-corrected chi connectivity index (χ3v) is 1.89. The van der Waals surface area contributed by atoms with Crippen LogP contribution in [0.4, 0.5) is 5.82 Å². The summed E-state index contributed by atoms with van der Waals surface area (Å²) in [4.78, 5) is 10.2. The molecule has 3 nitrogen and oxygen atoms in total. The summed E-state index contributed by atoms with van der Waals surface area (Å²) in [7, 11) is 0. The maximum absolute atomic E-state index is 5.61. The lowest BCUT2D eigenvalue weighted by Gasteiger charge is -2.18. The normalized spacial score (nSPS) is 9.92. The quantitative estimate of drug-likeness (QED) is 0.721. The topological polar surface area (TPSA) is 29.0 Å². The summed E-state index contributed by atoms with van der Waals surface area (Å²) < 4.78 is 0. The van der Waals surface area contributed by atoms with E-state index in [2.05, 4.69) is 28.7 Å². The summed E-state index contributed by atoms with van der Waals surface area (Å²) in [5.74, 6) is 0.879. The Balaban J connectivity index is 2.80. The van der Waals surface area contributed by atoms with Crippen LogP contribution < -0.4 is 4.90 Å². The van der Waals surface area contributed by atoms with E-state index in [1.54, 1.807) is 12.4 Å². The van der Waals surface area contributed by atoms with Crippen LogP contribution in [-0.4, -0.2) is 23.1 Å². The smallest absolute Gasteiger partial charge is 0.147 e. The Hall–Kier alpha value is -0.830. The van der Waals surface area contributed by atoms with Gasteiger partial charge >= 0.3 is 0 Å². The molecule has 0 unspecified atom stereocenters. The minimum atomic E-state index is 0.436. The van der Waals surface area contributed by atoms with Crippen molar-refractivity contribution in [1.29, 1.82) is 0 Å². The van der Waals surface area contributed by atoms with Crippen LogP contribution in [0.3, 0.4) is 0 Å². The maximum atomic E-state index is 5.61. The SMILES string of the molecule is CCN(CC)c1cnc(Cl)cn1. The molecule has 0 aromatic carbocycles. The van der Waals surface area contributed by atoms with E-state index in [1.165, 1.54) is 0 Å². The number of hydrogen-bond donors (Lipinski definition) is 0. The first-order valence-corrected chi connectivity index (χ1v) is 4.38. The van der Waals surface area contributed by atoms with Crippen LogP contribution in [0.25, 0.3) is 0 Å². The molecule has 1 aromatic rings. The summed E-state index contributed by atoms with van der Waals surface area (Å²) in [6.45, 7) is 6.04. The number of anilines is 1. The molecule has 0 bridgehead atoms. The van der Waals surface area contributed by atoms with Crippen molar-refractivity contribution >= 4 is 17.4 Å². The van der Waals surface area contributed by atoms with Crippen LogP contribution in [0.15, 0.2) is 12.4 Å². The van der Waals surface area contributed by atoms with E-state index < -0.39 is 0 Å². The van der Waals surface area contributed by atoms with Crippen LogP contribution in [0, 0.1) is 0 Å². The highest BCUT2D eigenvalue weighted by Crippen LogP contribution is 2.09. The number of aromatic nitrogens is 2. The second-order valence-electron chi connectivity index (χ2n) is 2.37. The van der Waals surface area contributed by atoms with Crippen LogP contribution in [0.2, 0.25) is 5.15 Å². The minimum absolute atomic E-state index is 0.436. The fourth-order valence-electron chi connectivity index (χ4n) is 1.02. The summed E-state index contributed by atoms with van der Waals surface area (Å²) in [5.41, 5.74) is 0. The van der Waals surface area contributed by atoms with Gasteiger partial charge in [-0.25, -0.2) is 9.97 Å². The average Bonchev–Trinajstić information content (AvgIpc) is 2.10. The van der Waals surface area contributed by atoms with E-state index in [0.29, 0.717) is 5.15 Å². The van der Waals surface area contributed by atoms with Crippen molar-refractivity contribution in [2.75, 3.05) is 18.0 Å². The molecule has 0 saturated heterocycles. The van der Waals surface area contributed by atoms with Crippen molar-refractivity contribution in [3.8, 4) is 0 Å². The van der Waals surface area contributed by atoms with Gasteiger partial charge in [0.05, 0.1) is 12.4 Å². The zero-order valence-electron chi connectivity index (χ0n) is 7.29. The zero-order valence-corrected chi connectivity index (χ0v) is 8.04. The standard InChI is InChI=1S/C8H12ClN3/c1-3-12(4-2)8-6-10-7(9)5-11-8/h5-6H,3-4H2,1-2H3. The van der Waals surface area contributed by atoms with E-state index in [4.69, 9.17) is 11.6 Å². The van der Waals surface area contributed by atoms with Crippen molar-refractivity contribution in [1.82, 2.24) is 9.97 Å². The van der Waals surface area contributed by atoms with Gasteiger partial charge in [0.1, 0.15) is 11.0 Å². The molecule has 1 heterocycles. The first-order valence-electron chi connectivity index (χ1n) is 4.00. The monoisotopic (exact) mass is 185 g/mol. The van der Waals surface area contributed by atoms with E-state index >= 15 is 0 Å². The molecule has 0 atom stereocenters. The molecule has 0 saturated carbocycles. The van der Waals surface area contributed by atoms with Gasteiger partial charge in [-0.3, -0.25) is 0 Å². The molecular formula is C8H12ClN3. The van der Waals surface area contributed by atoms with Crippen molar-refractivity contribution in [3.05, 3.63) is 17.5 Å². The van der Waals surface area contributed by atoms with Gasteiger partial charge in [0.25, 0.3) is 0 Å². The highest BCUT2D eigenvalue weighted by atomic mass is 35.5. The summed E-state index contributed by atoms with van der Waals surface area (Å²) in [6.07, 6.45) is 3.25. The van der Waals surface area contributed by atoms with E-state index in [1.807, 2.05) is 0 Å². The predicted octanol–water partition coefficient (Wildman–Crippen LogP) is 1.98. The molecular weight excluding hydrogens is 174 g/mol. The van der Waals surface area contributed by atoms with Gasteiger partial charge < -0.3 is 4.90 Å². The van der Waals surface area contributed by atoms with Crippen molar-refractivity contribution in [2.24, 2.45) is 0 Å². The van der Waals surface area contributed by atoms with Crippen LogP contribution in [-0.2, 0) is 0 Å². The molecule has 0 amide bonds. The lowest BCUT2D eigenvalue weighted by atomic mass is 10.5. The molecule has 0 fully saturated rings. The van der Waals surface area contributed by atoms with Gasteiger partial charge in [-0.05, 0) is 13.8 Å². The molecule has 1 rings (SSSR count). The highest BCUT2D eigenvalue weighted by Gasteiger charge is 2.02. The van der Waals surface area contributed by atoms with Crippen molar-refractivity contribution in [3.63, 3.8) is 0 Å². The maximum Gasteiger partial charge on any atom is 0.147 e. The van der Waals surface area contributed by atoms with Gasteiger partial charge in [-0.1, -0.05) is 11.6 Å². The summed E-state index contributed by atoms with van der Waals surface area (Å²) in [5, 5.41) is 0.436. The van der Waals surface area contributed by atoms with E-state index in [9.17, 15) is 0 Å². The largest absolute Gasteiger partial charge is 0.356 e. The van der Waals surface area contributed by atoms with Gasteiger partial charge in [0, 0.05) is 13.1 Å². The Morgan fingerprint density at radius 2 is 1.92 bits per heavy atom. The van der Waals surface area contributed by atoms with Gasteiger partial charge in [-0.2, -0.15) is 0 Å². The predicted molar refractivity (Wildman–Crippen MR) is 50.6 cm³/mol. The Morgan fingerprint density at radius 3 is 2.33 bits per heavy atom. The fourth-order valence-corrected chi connectivity index (χ4v) is 1.11.